The van der Waals surface area contributed by atoms with Crippen LogP contribution in [0.5, 0.6) is 0 Å². The summed E-state index contributed by atoms with van der Waals surface area (Å²) >= 11 is 0. The third kappa shape index (κ3) is 3.64. The topological polar surface area (TPSA) is 84.2 Å². The molecule has 1 rings (SSSR count). The van der Waals surface area contributed by atoms with Crippen molar-refractivity contribution in [1.29, 1.82) is 0 Å². The highest BCUT2D eigenvalue weighted by Crippen LogP contribution is 2.18. The Bertz CT molecular complexity index is 265. The van der Waals surface area contributed by atoms with Crippen LogP contribution in [0.25, 0.3) is 0 Å². The van der Waals surface area contributed by atoms with Gasteiger partial charge in [0.15, 0.2) is 0 Å². The molecule has 0 aromatic carbocycles. The summed E-state index contributed by atoms with van der Waals surface area (Å²) in [6.45, 7) is 4.29. The Morgan fingerprint density at radius 3 is 2.50 bits per heavy atom. The van der Waals surface area contributed by atoms with E-state index in [1.54, 1.807) is 6.92 Å². The van der Waals surface area contributed by atoms with Gasteiger partial charge in [-0.2, -0.15) is 0 Å². The number of rotatable bonds is 3. The molecule has 0 bridgehead atoms. The molecule has 1 fully saturated rings. The summed E-state index contributed by atoms with van der Waals surface area (Å²) in [6, 6.07) is -0.613. The van der Waals surface area contributed by atoms with Crippen molar-refractivity contribution in [2.45, 2.75) is 44.7 Å². The lowest BCUT2D eigenvalue weighted by atomic mass is 9.90. The fourth-order valence-electron chi connectivity index (χ4n) is 1.68. The number of hydrogen-bond donors (Lipinski definition) is 3. The van der Waals surface area contributed by atoms with Crippen LogP contribution in [0.4, 0.5) is 0 Å². The van der Waals surface area contributed by atoms with Crippen LogP contribution in [0.1, 0.15) is 33.1 Å². The predicted molar refractivity (Wildman–Crippen MR) is 64.3 cm³/mol. The van der Waals surface area contributed by atoms with E-state index in [0.717, 1.165) is 25.8 Å². The fraction of sp³-hybridized carbons (Fsp3) is 0.800. The van der Waals surface area contributed by atoms with Crippen molar-refractivity contribution in [2.75, 3.05) is 6.54 Å². The zero-order chi connectivity index (χ0) is 11.5. The van der Waals surface area contributed by atoms with E-state index < -0.39 is 17.5 Å². The Kier molecular flexibility index (Phi) is 5.75. The number of amides is 2. The van der Waals surface area contributed by atoms with E-state index in [9.17, 15) is 9.59 Å². The number of nitrogens with one attached hydrogen (secondary N) is 2. The van der Waals surface area contributed by atoms with E-state index >= 15 is 0 Å². The molecule has 0 aliphatic carbocycles. The summed E-state index contributed by atoms with van der Waals surface area (Å²) in [5.41, 5.74) is 4.53. The Labute approximate surface area is 102 Å². The van der Waals surface area contributed by atoms with E-state index in [0.29, 0.717) is 0 Å². The van der Waals surface area contributed by atoms with Gasteiger partial charge in [-0.3, -0.25) is 9.59 Å². The van der Waals surface area contributed by atoms with E-state index in [2.05, 4.69) is 10.6 Å². The first-order valence-electron chi connectivity index (χ1n) is 5.31. The van der Waals surface area contributed by atoms with Crippen molar-refractivity contribution < 1.29 is 9.59 Å². The van der Waals surface area contributed by atoms with Crippen molar-refractivity contribution in [3.8, 4) is 0 Å². The second-order valence-corrected chi connectivity index (χ2v) is 4.31. The minimum Gasteiger partial charge on any atom is -0.368 e. The van der Waals surface area contributed by atoms with E-state index in [1.165, 1.54) is 0 Å². The predicted octanol–water partition coefficient (Wildman–Crippen LogP) is -0.0696. The van der Waals surface area contributed by atoms with Gasteiger partial charge in [0.25, 0.3) is 0 Å². The summed E-state index contributed by atoms with van der Waals surface area (Å²) in [4.78, 5) is 22.7. The van der Waals surface area contributed by atoms with E-state index in [1.807, 2.05) is 6.92 Å². The molecule has 0 radical (unpaired) electrons. The van der Waals surface area contributed by atoms with Gasteiger partial charge in [-0.1, -0.05) is 0 Å². The number of halogens is 1. The van der Waals surface area contributed by atoms with Gasteiger partial charge in [0.05, 0.1) is 5.54 Å². The van der Waals surface area contributed by atoms with Crippen molar-refractivity contribution in [1.82, 2.24) is 10.6 Å². The molecule has 1 saturated heterocycles. The van der Waals surface area contributed by atoms with Crippen LogP contribution in [0.2, 0.25) is 0 Å². The molecule has 6 heteroatoms. The van der Waals surface area contributed by atoms with Gasteiger partial charge >= 0.3 is 0 Å². The fourth-order valence-corrected chi connectivity index (χ4v) is 1.68. The normalized spacial score (nSPS) is 26.4. The van der Waals surface area contributed by atoms with Gasteiger partial charge in [-0.25, -0.2) is 0 Å². The maximum Gasteiger partial charge on any atom is 0.240 e. The molecule has 0 aromatic rings. The molecule has 2 amide bonds. The Hall–Kier alpha value is -0.810. The van der Waals surface area contributed by atoms with Gasteiger partial charge in [-0.15, -0.1) is 12.4 Å². The molecule has 2 atom stereocenters. The third-order valence-electron chi connectivity index (χ3n) is 2.89. The van der Waals surface area contributed by atoms with Crippen molar-refractivity contribution in [3.05, 3.63) is 0 Å². The third-order valence-corrected chi connectivity index (χ3v) is 2.89. The minimum absolute atomic E-state index is 0. The largest absolute Gasteiger partial charge is 0.368 e. The average molecular weight is 250 g/mol. The van der Waals surface area contributed by atoms with Gasteiger partial charge in [0.1, 0.15) is 6.04 Å². The van der Waals surface area contributed by atoms with Crippen LogP contribution in [0.3, 0.4) is 0 Å². The second-order valence-electron chi connectivity index (χ2n) is 4.31. The minimum atomic E-state index is -0.613. The lowest BCUT2D eigenvalue weighted by Crippen LogP contribution is -2.59. The number of hydrogen-bond acceptors (Lipinski definition) is 3. The average Bonchev–Trinajstić information content (AvgIpc) is 2.18. The lowest BCUT2D eigenvalue weighted by molar-refractivity contribution is -0.131. The first-order chi connectivity index (χ1) is 6.96. The molecule has 0 spiro atoms. The maximum absolute atomic E-state index is 11.9. The van der Waals surface area contributed by atoms with Crippen molar-refractivity contribution in [3.63, 3.8) is 0 Å². The summed E-state index contributed by atoms with van der Waals surface area (Å²) in [5, 5.41) is 5.79. The quantitative estimate of drug-likeness (QED) is 0.655. The Morgan fingerprint density at radius 2 is 2.06 bits per heavy atom. The number of carbonyl (C=O) groups is 2. The Balaban J connectivity index is 0.00000225. The molecule has 16 heavy (non-hydrogen) atoms. The van der Waals surface area contributed by atoms with Crippen LogP contribution in [-0.2, 0) is 9.59 Å². The van der Waals surface area contributed by atoms with Crippen LogP contribution in [-0.4, -0.2) is 29.9 Å². The summed E-state index contributed by atoms with van der Waals surface area (Å²) < 4.78 is 0. The van der Waals surface area contributed by atoms with E-state index in [-0.39, 0.29) is 18.3 Å². The number of primary amides is 1. The maximum atomic E-state index is 11.9. The molecule has 1 aliphatic rings. The Morgan fingerprint density at radius 1 is 1.44 bits per heavy atom. The van der Waals surface area contributed by atoms with Crippen LogP contribution < -0.4 is 16.4 Å². The van der Waals surface area contributed by atoms with Crippen LogP contribution in [0.15, 0.2) is 0 Å². The summed E-state index contributed by atoms with van der Waals surface area (Å²) in [6.07, 6.45) is 2.92. The van der Waals surface area contributed by atoms with E-state index in [4.69, 9.17) is 5.73 Å². The molecular formula is C10H20ClN3O2. The first-order valence-corrected chi connectivity index (χ1v) is 5.31. The first kappa shape index (κ1) is 15.2. The van der Waals surface area contributed by atoms with Gasteiger partial charge in [0, 0.05) is 0 Å². The number of piperidine rings is 1. The lowest BCUT2D eigenvalue weighted by Gasteiger charge is -2.34. The molecule has 1 aliphatic heterocycles. The standard InChI is InChI=1S/C10H19N3O2.ClH/c1-7(8(11)14)13-9(15)10(2)5-3-4-6-12-10;/h7,12H,3-6H2,1-2H3,(H2,11,14)(H,13,15);1H/t7-,10?;/m0./s1. The van der Waals surface area contributed by atoms with Crippen molar-refractivity contribution >= 4 is 24.2 Å². The monoisotopic (exact) mass is 249 g/mol. The zero-order valence-electron chi connectivity index (χ0n) is 9.71. The highest BCUT2D eigenvalue weighted by Gasteiger charge is 2.35. The molecule has 0 aromatic heterocycles. The summed E-state index contributed by atoms with van der Waals surface area (Å²) in [7, 11) is 0. The molecule has 1 unspecified atom stereocenters. The van der Waals surface area contributed by atoms with Crippen molar-refractivity contribution in [2.24, 2.45) is 5.73 Å². The SMILES string of the molecule is C[C@H](NC(=O)C1(C)CCCCN1)C(N)=O.Cl. The molecule has 4 N–H and O–H groups in total. The highest BCUT2D eigenvalue weighted by atomic mass is 35.5. The van der Waals surface area contributed by atoms with Gasteiger partial charge in [0.2, 0.25) is 11.8 Å². The second kappa shape index (κ2) is 6.06. The molecular weight excluding hydrogens is 230 g/mol. The van der Waals surface area contributed by atoms with Gasteiger partial charge < -0.3 is 16.4 Å². The number of nitrogens with two attached hydrogens (primary N) is 1. The molecule has 0 saturated carbocycles. The number of carbonyl (C=O) groups excluding carboxylic acids is 2. The van der Waals surface area contributed by atoms with Crippen LogP contribution >= 0.6 is 12.4 Å². The molecule has 1 heterocycles. The smallest absolute Gasteiger partial charge is 0.240 e. The van der Waals surface area contributed by atoms with Gasteiger partial charge in [-0.05, 0) is 39.7 Å². The summed E-state index contributed by atoms with van der Waals surface area (Å²) in [5.74, 6) is -0.656. The van der Waals surface area contributed by atoms with Crippen LogP contribution in [0, 0.1) is 0 Å². The molecule has 94 valence electrons. The zero-order valence-corrected chi connectivity index (χ0v) is 10.5. The highest BCUT2D eigenvalue weighted by molar-refractivity contribution is 5.91. The molecule has 5 nitrogen and oxygen atoms in total.